The molecule has 1 fully saturated rings. The maximum Gasteiger partial charge on any atom is 0.133 e. The van der Waals surface area contributed by atoms with Gasteiger partial charge in [0.05, 0.1) is 13.2 Å². The number of ketones is 1. The van der Waals surface area contributed by atoms with Crippen LogP contribution in [-0.2, 0) is 16.1 Å². The van der Waals surface area contributed by atoms with E-state index < -0.39 is 0 Å². The zero-order valence-electron chi connectivity index (χ0n) is 12.1. The molecule has 20 heavy (non-hydrogen) atoms. The molecule has 1 aliphatic carbocycles. The average Bonchev–Trinajstić information content (AvgIpc) is 2.47. The third-order valence-electron chi connectivity index (χ3n) is 3.85. The van der Waals surface area contributed by atoms with E-state index in [0.29, 0.717) is 18.3 Å². The Kier molecular flexibility index (Phi) is 6.75. The van der Waals surface area contributed by atoms with Gasteiger partial charge in [0.25, 0.3) is 0 Å². The molecule has 0 heterocycles. The fourth-order valence-corrected chi connectivity index (χ4v) is 2.70. The Labute approximate surface area is 121 Å². The summed E-state index contributed by atoms with van der Waals surface area (Å²) in [5, 5.41) is 3.40. The average molecular weight is 275 g/mol. The Morgan fingerprint density at radius 1 is 1.20 bits per heavy atom. The fraction of sp³-hybridized carbons (Fsp3) is 0.588. The number of carbonyl (C=O) groups excluding carboxylic acids is 1. The van der Waals surface area contributed by atoms with E-state index in [-0.39, 0.29) is 0 Å². The molecule has 0 spiro atoms. The van der Waals surface area contributed by atoms with Gasteiger partial charge >= 0.3 is 0 Å². The lowest BCUT2D eigenvalue weighted by Crippen LogP contribution is -2.24. The van der Waals surface area contributed by atoms with Crippen LogP contribution in [0.1, 0.15) is 37.7 Å². The van der Waals surface area contributed by atoms with Crippen LogP contribution in [0.3, 0.4) is 0 Å². The Morgan fingerprint density at radius 2 is 2.05 bits per heavy atom. The maximum atomic E-state index is 11.3. The van der Waals surface area contributed by atoms with Crippen molar-refractivity contribution in [2.24, 2.45) is 5.92 Å². The molecule has 0 bridgehead atoms. The van der Waals surface area contributed by atoms with Crippen molar-refractivity contribution < 1.29 is 9.53 Å². The van der Waals surface area contributed by atoms with Gasteiger partial charge in [-0.25, -0.2) is 0 Å². The summed E-state index contributed by atoms with van der Waals surface area (Å²) in [6, 6.07) is 10.2. The van der Waals surface area contributed by atoms with Crippen LogP contribution in [0.15, 0.2) is 30.3 Å². The molecule has 1 atom stereocenters. The number of nitrogens with one attached hydrogen (secondary N) is 1. The predicted octanol–water partition coefficient (Wildman–Crippen LogP) is 2.94. The number of Topliss-reactive ketones (excluding diaryl/α,β-unsaturated/α-hetero) is 1. The molecule has 0 aliphatic heterocycles. The summed E-state index contributed by atoms with van der Waals surface area (Å²) < 4.78 is 5.61. The summed E-state index contributed by atoms with van der Waals surface area (Å²) in [5.41, 5.74) is 1.22. The highest BCUT2D eigenvalue weighted by Crippen LogP contribution is 2.23. The van der Waals surface area contributed by atoms with Gasteiger partial charge in [-0.15, -0.1) is 0 Å². The maximum absolute atomic E-state index is 11.3. The zero-order valence-corrected chi connectivity index (χ0v) is 12.1. The van der Waals surface area contributed by atoms with Crippen molar-refractivity contribution in [3.8, 4) is 0 Å². The molecule has 0 aromatic heterocycles. The Morgan fingerprint density at radius 3 is 2.85 bits per heavy atom. The lowest BCUT2D eigenvalue weighted by molar-refractivity contribution is -0.121. The molecule has 1 aliphatic rings. The number of rotatable bonds is 8. The van der Waals surface area contributed by atoms with Crippen LogP contribution in [0.5, 0.6) is 0 Å². The third kappa shape index (κ3) is 5.85. The van der Waals surface area contributed by atoms with Gasteiger partial charge in [0.1, 0.15) is 5.78 Å². The number of carbonyl (C=O) groups is 1. The molecule has 2 rings (SSSR count). The molecule has 1 N–H and O–H groups in total. The van der Waals surface area contributed by atoms with E-state index in [1.807, 2.05) is 18.2 Å². The summed E-state index contributed by atoms with van der Waals surface area (Å²) in [7, 11) is 0. The van der Waals surface area contributed by atoms with Gasteiger partial charge in [0.15, 0.2) is 0 Å². The summed E-state index contributed by atoms with van der Waals surface area (Å²) in [5.74, 6) is 1.06. The zero-order chi connectivity index (χ0) is 14.0. The second kappa shape index (κ2) is 8.88. The summed E-state index contributed by atoms with van der Waals surface area (Å²) in [6.45, 7) is 3.29. The van der Waals surface area contributed by atoms with Crippen molar-refractivity contribution in [3.05, 3.63) is 35.9 Å². The van der Waals surface area contributed by atoms with Gasteiger partial charge in [-0.3, -0.25) is 4.79 Å². The van der Waals surface area contributed by atoms with Crippen molar-refractivity contribution in [1.29, 1.82) is 0 Å². The topological polar surface area (TPSA) is 38.3 Å². The van der Waals surface area contributed by atoms with Crippen LogP contribution < -0.4 is 5.32 Å². The molecule has 1 unspecified atom stereocenters. The molecule has 0 amide bonds. The fourth-order valence-electron chi connectivity index (χ4n) is 2.70. The van der Waals surface area contributed by atoms with Crippen LogP contribution in [0.2, 0.25) is 0 Å². The van der Waals surface area contributed by atoms with Gasteiger partial charge in [-0.1, -0.05) is 30.3 Å². The van der Waals surface area contributed by atoms with Gasteiger partial charge < -0.3 is 10.1 Å². The van der Waals surface area contributed by atoms with Crippen molar-refractivity contribution in [2.45, 2.75) is 38.7 Å². The molecule has 1 saturated carbocycles. The number of hydrogen-bond donors (Lipinski definition) is 1. The molecule has 0 saturated heterocycles. The van der Waals surface area contributed by atoms with Crippen molar-refractivity contribution in [3.63, 3.8) is 0 Å². The Balaban J connectivity index is 1.45. The van der Waals surface area contributed by atoms with E-state index in [1.54, 1.807) is 0 Å². The highest BCUT2D eigenvalue weighted by Gasteiger charge is 2.18. The number of benzene rings is 1. The third-order valence-corrected chi connectivity index (χ3v) is 3.85. The van der Waals surface area contributed by atoms with Gasteiger partial charge in [-0.2, -0.15) is 0 Å². The standard InChI is InChI=1S/C17H25NO2/c19-17-8-4-7-15(13-17)9-10-18-11-12-20-14-16-5-2-1-3-6-16/h1-3,5-6,15,18H,4,7-14H2. The largest absolute Gasteiger partial charge is 0.375 e. The summed E-state index contributed by atoms with van der Waals surface area (Å²) in [6.07, 6.45) is 5.02. The molecule has 1 aromatic rings. The first-order valence-electron chi connectivity index (χ1n) is 7.68. The summed E-state index contributed by atoms with van der Waals surface area (Å²) in [4.78, 5) is 11.3. The lowest BCUT2D eigenvalue weighted by atomic mass is 9.86. The van der Waals surface area contributed by atoms with Crippen LogP contribution in [0, 0.1) is 5.92 Å². The molecular weight excluding hydrogens is 250 g/mol. The predicted molar refractivity (Wildman–Crippen MR) is 80.5 cm³/mol. The molecule has 3 heteroatoms. The molecular formula is C17H25NO2. The smallest absolute Gasteiger partial charge is 0.133 e. The number of ether oxygens (including phenoxy) is 1. The van der Waals surface area contributed by atoms with Gasteiger partial charge in [-0.05, 0) is 37.3 Å². The van der Waals surface area contributed by atoms with Crippen LogP contribution in [0.25, 0.3) is 0 Å². The highest BCUT2D eigenvalue weighted by molar-refractivity contribution is 5.79. The monoisotopic (exact) mass is 275 g/mol. The first kappa shape index (κ1) is 15.2. The normalized spacial score (nSPS) is 19.2. The first-order chi connectivity index (χ1) is 9.84. The minimum Gasteiger partial charge on any atom is -0.375 e. The Bertz CT molecular complexity index is 391. The SMILES string of the molecule is O=C1CCCC(CCNCCOCc2ccccc2)C1. The van der Waals surface area contributed by atoms with E-state index in [1.165, 1.54) is 12.0 Å². The quantitative estimate of drug-likeness (QED) is 0.741. The van der Waals surface area contributed by atoms with E-state index in [0.717, 1.165) is 45.4 Å². The van der Waals surface area contributed by atoms with Crippen molar-refractivity contribution in [1.82, 2.24) is 5.32 Å². The molecule has 110 valence electrons. The van der Waals surface area contributed by atoms with Crippen LogP contribution >= 0.6 is 0 Å². The van der Waals surface area contributed by atoms with Gasteiger partial charge in [0, 0.05) is 19.4 Å². The molecule has 3 nitrogen and oxygen atoms in total. The second-order valence-corrected chi connectivity index (χ2v) is 5.58. The van der Waals surface area contributed by atoms with E-state index in [4.69, 9.17) is 4.74 Å². The lowest BCUT2D eigenvalue weighted by Gasteiger charge is -2.20. The van der Waals surface area contributed by atoms with Crippen molar-refractivity contribution >= 4 is 5.78 Å². The van der Waals surface area contributed by atoms with Crippen molar-refractivity contribution in [2.75, 3.05) is 19.7 Å². The van der Waals surface area contributed by atoms with Crippen LogP contribution in [-0.4, -0.2) is 25.5 Å². The molecule has 1 aromatic carbocycles. The molecule has 0 radical (unpaired) electrons. The van der Waals surface area contributed by atoms with Gasteiger partial charge in [0.2, 0.25) is 0 Å². The second-order valence-electron chi connectivity index (χ2n) is 5.58. The minimum absolute atomic E-state index is 0.451. The first-order valence-corrected chi connectivity index (χ1v) is 7.68. The minimum atomic E-state index is 0.451. The summed E-state index contributed by atoms with van der Waals surface area (Å²) >= 11 is 0. The van der Waals surface area contributed by atoms with E-state index >= 15 is 0 Å². The van der Waals surface area contributed by atoms with Crippen LogP contribution in [0.4, 0.5) is 0 Å². The highest BCUT2D eigenvalue weighted by atomic mass is 16.5. The Hall–Kier alpha value is -1.19. The van der Waals surface area contributed by atoms with E-state index in [2.05, 4.69) is 17.4 Å². The van der Waals surface area contributed by atoms with E-state index in [9.17, 15) is 4.79 Å². The number of hydrogen-bond acceptors (Lipinski definition) is 3.